The van der Waals surface area contributed by atoms with E-state index in [4.69, 9.17) is 0 Å². The minimum absolute atomic E-state index is 0.112. The predicted molar refractivity (Wildman–Crippen MR) is 109 cm³/mol. The summed E-state index contributed by atoms with van der Waals surface area (Å²) in [5.41, 5.74) is 1.75. The van der Waals surface area contributed by atoms with Crippen molar-refractivity contribution in [2.75, 3.05) is 23.8 Å². The molecule has 2 heterocycles. The number of aliphatic hydroxyl groups excluding tert-OH is 1. The van der Waals surface area contributed by atoms with E-state index >= 15 is 0 Å². The monoisotopic (exact) mass is 368 g/mol. The molecule has 0 amide bonds. The normalized spacial score (nSPS) is 12.9. The maximum Gasteiger partial charge on any atom is 0.226 e. The Morgan fingerprint density at radius 3 is 2.63 bits per heavy atom. The second kappa shape index (κ2) is 7.92. The van der Waals surface area contributed by atoms with Crippen molar-refractivity contribution in [2.24, 2.45) is 7.05 Å². The lowest BCUT2D eigenvalue weighted by Crippen LogP contribution is -2.32. The molecule has 0 aliphatic carbocycles. The van der Waals surface area contributed by atoms with Gasteiger partial charge in [-0.05, 0) is 31.7 Å². The topological polar surface area (TPSA) is 87.9 Å². The molecular formula is C20H28N6O. The molecule has 0 aliphatic rings. The van der Waals surface area contributed by atoms with Crippen molar-refractivity contribution in [3.05, 3.63) is 42.1 Å². The zero-order chi connectivity index (χ0) is 19.4. The minimum Gasteiger partial charge on any atom is -0.396 e. The zero-order valence-corrected chi connectivity index (χ0v) is 16.4. The average Bonchev–Trinajstić information content (AvgIpc) is 3.01. The van der Waals surface area contributed by atoms with E-state index in [0.717, 1.165) is 23.4 Å². The van der Waals surface area contributed by atoms with E-state index in [0.29, 0.717) is 18.3 Å². The first-order valence-corrected chi connectivity index (χ1v) is 9.27. The van der Waals surface area contributed by atoms with Gasteiger partial charge in [0.25, 0.3) is 0 Å². The van der Waals surface area contributed by atoms with Crippen LogP contribution < -0.4 is 10.6 Å². The number of aromatic nitrogens is 4. The fourth-order valence-corrected chi connectivity index (χ4v) is 3.00. The van der Waals surface area contributed by atoms with Crippen LogP contribution in [0.4, 0.5) is 11.8 Å². The highest BCUT2D eigenvalue weighted by atomic mass is 16.3. The Labute approximate surface area is 159 Å². The quantitative estimate of drug-likeness (QED) is 0.566. The molecule has 0 fully saturated rings. The molecule has 144 valence electrons. The molecule has 7 nitrogen and oxygen atoms in total. The first-order chi connectivity index (χ1) is 12.9. The molecule has 0 bridgehead atoms. The third kappa shape index (κ3) is 4.54. The van der Waals surface area contributed by atoms with Crippen molar-refractivity contribution in [1.29, 1.82) is 0 Å². The Bertz CT molecular complexity index is 890. The molecule has 7 heteroatoms. The molecule has 1 unspecified atom stereocenters. The second-order valence-corrected chi connectivity index (χ2v) is 7.58. The van der Waals surface area contributed by atoms with Crippen LogP contribution in [-0.2, 0) is 7.05 Å². The lowest BCUT2D eigenvalue weighted by molar-refractivity contribution is 0.260. The van der Waals surface area contributed by atoms with E-state index in [1.54, 1.807) is 10.9 Å². The molecule has 0 radical (unpaired) electrons. The number of anilines is 2. The largest absolute Gasteiger partial charge is 0.396 e. The van der Waals surface area contributed by atoms with Gasteiger partial charge in [-0.25, -0.2) is 0 Å². The maximum absolute atomic E-state index is 9.30. The highest BCUT2D eigenvalue weighted by Crippen LogP contribution is 2.26. The number of nitrogens with zero attached hydrogens (tertiary/aromatic N) is 4. The summed E-state index contributed by atoms with van der Waals surface area (Å²) in [6.07, 6.45) is 2.38. The van der Waals surface area contributed by atoms with E-state index in [2.05, 4.69) is 56.9 Å². The second-order valence-electron chi connectivity index (χ2n) is 7.58. The van der Waals surface area contributed by atoms with E-state index in [9.17, 15) is 5.11 Å². The van der Waals surface area contributed by atoms with Crippen molar-refractivity contribution >= 4 is 22.8 Å². The van der Waals surface area contributed by atoms with Crippen LogP contribution in [0.5, 0.6) is 0 Å². The van der Waals surface area contributed by atoms with Gasteiger partial charge in [0.15, 0.2) is 5.65 Å². The van der Waals surface area contributed by atoms with Crippen molar-refractivity contribution in [1.82, 2.24) is 19.7 Å². The molecule has 0 spiro atoms. The number of rotatable bonds is 8. The Morgan fingerprint density at radius 2 is 1.93 bits per heavy atom. The first kappa shape index (κ1) is 19.1. The van der Waals surface area contributed by atoms with Crippen molar-refractivity contribution in [2.45, 2.75) is 38.6 Å². The van der Waals surface area contributed by atoms with E-state index in [1.807, 2.05) is 27.0 Å². The van der Waals surface area contributed by atoms with Crippen molar-refractivity contribution < 1.29 is 5.11 Å². The van der Waals surface area contributed by atoms with Crippen LogP contribution in [0.2, 0.25) is 0 Å². The summed E-state index contributed by atoms with van der Waals surface area (Å²) in [6.45, 7) is 7.10. The summed E-state index contributed by atoms with van der Waals surface area (Å²) in [6, 6.07) is 10.4. The summed E-state index contributed by atoms with van der Waals surface area (Å²) in [5, 5.41) is 21.3. The number of benzene rings is 1. The fraction of sp³-hybridized carbons (Fsp3) is 0.450. The molecule has 1 aromatic carbocycles. The summed E-state index contributed by atoms with van der Waals surface area (Å²) in [7, 11) is 1.87. The lowest BCUT2D eigenvalue weighted by Gasteiger charge is -2.26. The number of aryl methyl sites for hydroxylation is 1. The molecular weight excluding hydrogens is 340 g/mol. The van der Waals surface area contributed by atoms with Gasteiger partial charge in [0.1, 0.15) is 5.82 Å². The maximum atomic E-state index is 9.30. The number of nitrogens with one attached hydrogen (secondary N) is 2. The van der Waals surface area contributed by atoms with Crippen LogP contribution in [0.3, 0.4) is 0 Å². The molecule has 1 atom stereocenters. The van der Waals surface area contributed by atoms with Crippen molar-refractivity contribution in [3.63, 3.8) is 0 Å². The van der Waals surface area contributed by atoms with Gasteiger partial charge in [0, 0.05) is 25.7 Å². The summed E-state index contributed by atoms with van der Waals surface area (Å²) < 4.78 is 1.74. The van der Waals surface area contributed by atoms with Gasteiger partial charge in [-0.15, -0.1) is 0 Å². The molecule has 27 heavy (non-hydrogen) atoms. The van der Waals surface area contributed by atoms with Crippen LogP contribution in [0.15, 0.2) is 36.5 Å². The Balaban J connectivity index is 1.84. The lowest BCUT2D eigenvalue weighted by atomic mass is 10.0. The van der Waals surface area contributed by atoms with Crippen LogP contribution in [0.1, 0.15) is 38.7 Å². The molecule has 0 aliphatic heterocycles. The Hall–Kier alpha value is -2.67. The molecule has 3 N–H and O–H groups in total. The van der Waals surface area contributed by atoms with Gasteiger partial charge in [0.2, 0.25) is 5.95 Å². The standard InChI is InChI=1S/C20H28N6O/c1-14(15-8-6-5-7-9-15)12-21-19-23-17(25-20(2,3)10-11-27)16-13-22-26(4)18(16)24-19/h5-9,13-14,27H,10-12H2,1-4H3,(H2,21,23,24,25). The van der Waals surface area contributed by atoms with Gasteiger partial charge >= 0.3 is 0 Å². The van der Waals surface area contributed by atoms with Crippen LogP contribution >= 0.6 is 0 Å². The summed E-state index contributed by atoms with van der Waals surface area (Å²) >= 11 is 0. The highest BCUT2D eigenvalue weighted by Gasteiger charge is 2.21. The van der Waals surface area contributed by atoms with Gasteiger partial charge < -0.3 is 15.7 Å². The van der Waals surface area contributed by atoms with Crippen LogP contribution in [0.25, 0.3) is 11.0 Å². The zero-order valence-electron chi connectivity index (χ0n) is 16.4. The minimum atomic E-state index is -0.291. The van der Waals surface area contributed by atoms with Gasteiger partial charge in [-0.3, -0.25) is 4.68 Å². The molecule has 0 saturated heterocycles. The third-order valence-electron chi connectivity index (χ3n) is 4.72. The Kier molecular flexibility index (Phi) is 5.60. The smallest absolute Gasteiger partial charge is 0.226 e. The number of hydrogen-bond donors (Lipinski definition) is 3. The van der Waals surface area contributed by atoms with Gasteiger partial charge in [-0.1, -0.05) is 37.3 Å². The van der Waals surface area contributed by atoms with Crippen LogP contribution in [-0.4, -0.2) is 43.5 Å². The molecule has 3 aromatic rings. The molecule has 0 saturated carbocycles. The van der Waals surface area contributed by atoms with Gasteiger partial charge in [-0.2, -0.15) is 15.1 Å². The Morgan fingerprint density at radius 1 is 1.19 bits per heavy atom. The van der Waals surface area contributed by atoms with E-state index in [-0.39, 0.29) is 12.1 Å². The van der Waals surface area contributed by atoms with E-state index < -0.39 is 0 Å². The first-order valence-electron chi connectivity index (χ1n) is 9.27. The van der Waals surface area contributed by atoms with Crippen molar-refractivity contribution in [3.8, 4) is 0 Å². The van der Waals surface area contributed by atoms with E-state index in [1.165, 1.54) is 5.56 Å². The number of aliphatic hydroxyl groups is 1. The van der Waals surface area contributed by atoms with Crippen LogP contribution in [0, 0.1) is 0 Å². The molecule has 2 aromatic heterocycles. The predicted octanol–water partition coefficient (Wildman–Crippen LogP) is 3.15. The summed E-state index contributed by atoms with van der Waals surface area (Å²) in [4.78, 5) is 9.30. The third-order valence-corrected chi connectivity index (χ3v) is 4.72. The fourth-order valence-electron chi connectivity index (χ4n) is 3.00. The highest BCUT2D eigenvalue weighted by molar-refractivity contribution is 5.87. The average molecular weight is 368 g/mol. The number of hydrogen-bond acceptors (Lipinski definition) is 6. The SMILES string of the molecule is CC(CNc1nc(NC(C)(C)CCO)c2cnn(C)c2n1)c1ccccc1. The number of fused-ring (bicyclic) bond motifs is 1. The summed E-state index contributed by atoms with van der Waals surface area (Å²) in [5.74, 6) is 1.62. The van der Waals surface area contributed by atoms with Gasteiger partial charge in [0.05, 0.1) is 11.6 Å². The molecule has 3 rings (SSSR count).